The van der Waals surface area contributed by atoms with Crippen molar-refractivity contribution < 1.29 is 32.6 Å². The van der Waals surface area contributed by atoms with Gasteiger partial charge < -0.3 is 24.8 Å². The minimum Gasteiger partial charge on any atom is -0.488 e. The molecule has 2 amide bonds. The van der Waals surface area contributed by atoms with Crippen LogP contribution < -0.4 is 10.1 Å². The monoisotopic (exact) mass is 540 g/mol. The molecule has 2 heterocycles. The number of benzene rings is 1. The van der Waals surface area contributed by atoms with Crippen LogP contribution in [0, 0.1) is 5.92 Å². The molecule has 1 fully saturated rings. The zero-order valence-corrected chi connectivity index (χ0v) is 23.0. The number of nitrogens with one attached hydrogen (secondary N) is 1. The van der Waals surface area contributed by atoms with Crippen LogP contribution in [0.15, 0.2) is 18.2 Å². The summed E-state index contributed by atoms with van der Waals surface area (Å²) in [5, 5.41) is 12.7. The molecule has 11 nitrogen and oxygen atoms in total. The van der Waals surface area contributed by atoms with E-state index in [2.05, 4.69) is 10.2 Å². The minimum atomic E-state index is -3.44. The van der Waals surface area contributed by atoms with Gasteiger partial charge >= 0.3 is 0 Å². The van der Waals surface area contributed by atoms with Gasteiger partial charge in [0, 0.05) is 56.8 Å². The van der Waals surface area contributed by atoms with Crippen molar-refractivity contribution in [2.24, 2.45) is 5.92 Å². The first kappa shape index (κ1) is 29.3. The highest BCUT2D eigenvalue weighted by Crippen LogP contribution is 2.29. The lowest BCUT2D eigenvalue weighted by Gasteiger charge is -2.33. The van der Waals surface area contributed by atoms with Crippen LogP contribution in [0.5, 0.6) is 5.75 Å². The van der Waals surface area contributed by atoms with Gasteiger partial charge in [-0.15, -0.1) is 0 Å². The summed E-state index contributed by atoms with van der Waals surface area (Å²) in [6.07, 6.45) is 0.967. The van der Waals surface area contributed by atoms with Crippen molar-refractivity contribution >= 4 is 27.5 Å². The van der Waals surface area contributed by atoms with Gasteiger partial charge in [-0.1, -0.05) is 6.92 Å². The van der Waals surface area contributed by atoms with Crippen LogP contribution >= 0.6 is 0 Å². The summed E-state index contributed by atoms with van der Waals surface area (Å²) in [5.41, 5.74) is 1.15. The summed E-state index contributed by atoms with van der Waals surface area (Å²) < 4.78 is 37.0. The van der Waals surface area contributed by atoms with E-state index in [-0.39, 0.29) is 37.3 Å². The molecule has 0 aromatic heterocycles. The molecule has 2 N–H and O–H groups in total. The quantitative estimate of drug-likeness (QED) is 0.460. The third-order valence-electron chi connectivity index (χ3n) is 6.96. The first-order valence-electron chi connectivity index (χ1n) is 12.7. The Morgan fingerprint density at radius 2 is 2.00 bits per heavy atom. The lowest BCUT2D eigenvalue weighted by Crippen LogP contribution is -2.48. The Kier molecular flexibility index (Phi) is 10.3. The number of carbonyl (C=O) groups excluding carboxylic acids is 2. The van der Waals surface area contributed by atoms with Gasteiger partial charge in [0.25, 0.3) is 0 Å². The van der Waals surface area contributed by atoms with Crippen molar-refractivity contribution in [1.82, 2.24) is 14.1 Å². The van der Waals surface area contributed by atoms with Gasteiger partial charge in [-0.05, 0) is 25.1 Å². The third-order valence-corrected chi connectivity index (χ3v) is 8.24. The predicted octanol–water partition coefficient (Wildman–Crippen LogP) is 0.388. The van der Waals surface area contributed by atoms with Crippen molar-refractivity contribution in [1.29, 1.82) is 0 Å². The minimum absolute atomic E-state index is 0.0263. The second-order valence-corrected chi connectivity index (χ2v) is 12.1. The molecule has 1 aromatic rings. The third kappa shape index (κ3) is 8.37. The molecule has 3 rings (SSSR count). The van der Waals surface area contributed by atoms with Gasteiger partial charge in [0.05, 0.1) is 45.1 Å². The van der Waals surface area contributed by atoms with Gasteiger partial charge in [0.1, 0.15) is 11.9 Å². The maximum Gasteiger partial charge on any atom is 0.227 e. The molecular formula is C25H40N4O7S. The maximum absolute atomic E-state index is 13.3. The summed E-state index contributed by atoms with van der Waals surface area (Å²) in [4.78, 5) is 29.7. The van der Waals surface area contributed by atoms with Gasteiger partial charge in [-0.25, -0.2) is 12.7 Å². The van der Waals surface area contributed by atoms with E-state index in [0.29, 0.717) is 49.7 Å². The Labute approximate surface area is 219 Å². The zero-order chi connectivity index (χ0) is 27.2. The first-order chi connectivity index (χ1) is 17.5. The normalized spacial score (nSPS) is 22.4. The van der Waals surface area contributed by atoms with Crippen LogP contribution in [0.25, 0.3) is 0 Å². The molecule has 0 bridgehead atoms. The van der Waals surface area contributed by atoms with Crippen LogP contribution in [0.2, 0.25) is 0 Å². The van der Waals surface area contributed by atoms with Crippen LogP contribution in [0.3, 0.4) is 0 Å². The van der Waals surface area contributed by atoms with E-state index in [4.69, 9.17) is 9.47 Å². The van der Waals surface area contributed by atoms with Crippen LogP contribution in [-0.2, 0) is 30.8 Å². The van der Waals surface area contributed by atoms with Crippen LogP contribution in [0.4, 0.5) is 5.69 Å². The lowest BCUT2D eigenvalue weighted by molar-refractivity contribution is -0.134. The number of nitrogens with zero attached hydrogens (tertiary/aromatic N) is 3. The number of rotatable bonds is 9. The molecule has 2 aliphatic rings. The molecule has 1 saturated heterocycles. The van der Waals surface area contributed by atoms with Crippen molar-refractivity contribution in [2.75, 3.05) is 71.2 Å². The molecule has 2 aliphatic heterocycles. The molecule has 0 aliphatic carbocycles. The van der Waals surface area contributed by atoms with E-state index >= 15 is 0 Å². The van der Waals surface area contributed by atoms with Crippen LogP contribution in [0.1, 0.15) is 25.8 Å². The predicted molar refractivity (Wildman–Crippen MR) is 140 cm³/mol. The second kappa shape index (κ2) is 13.0. The van der Waals surface area contributed by atoms with Gasteiger partial charge in [-0.2, -0.15) is 0 Å². The highest BCUT2D eigenvalue weighted by atomic mass is 32.2. The standard InChI is InChI=1S/C25H40N4O7S/c1-18-15-29(19(2)17-30)25(32)14-20-13-21(26-24(31)7-8-28-9-11-35-12-10-28)5-6-22(20)36-23(18)16-27(3)37(4,33)34/h5-6,13,18-19,23,30H,7-12,14-17H2,1-4H3,(H,26,31)/t18-,19-,23+/m0/s1. The largest absolute Gasteiger partial charge is 0.488 e. The molecule has 3 atom stereocenters. The summed E-state index contributed by atoms with van der Waals surface area (Å²) >= 11 is 0. The topological polar surface area (TPSA) is 129 Å². The molecule has 37 heavy (non-hydrogen) atoms. The fourth-order valence-electron chi connectivity index (χ4n) is 4.42. The number of aliphatic hydroxyl groups is 1. The second-order valence-electron chi connectivity index (χ2n) is 10.0. The van der Waals surface area contributed by atoms with Crippen molar-refractivity contribution in [2.45, 2.75) is 38.8 Å². The summed E-state index contributed by atoms with van der Waals surface area (Å²) in [5.74, 6) is -0.0469. The average Bonchev–Trinajstić information content (AvgIpc) is 2.90. The SMILES string of the molecule is C[C@H]1CN([C@@H](C)CO)C(=O)Cc2cc(NC(=O)CCN3CCOCC3)ccc2O[C@@H]1CN(C)S(C)(=O)=O. The summed E-state index contributed by atoms with van der Waals surface area (Å²) in [6, 6.07) is 4.76. The molecule has 0 unspecified atom stereocenters. The summed E-state index contributed by atoms with van der Waals surface area (Å²) in [7, 11) is -1.94. The Morgan fingerprint density at radius 3 is 2.65 bits per heavy atom. The maximum atomic E-state index is 13.3. The van der Waals surface area contributed by atoms with Gasteiger partial charge in [0.2, 0.25) is 21.8 Å². The van der Waals surface area contributed by atoms with E-state index < -0.39 is 22.2 Å². The Hall–Kier alpha value is -2.25. The number of anilines is 1. The number of fused-ring (bicyclic) bond motifs is 1. The molecule has 0 saturated carbocycles. The Balaban J connectivity index is 1.81. The molecule has 0 spiro atoms. The molecule has 1 aromatic carbocycles. The molecular weight excluding hydrogens is 500 g/mol. The van der Waals surface area contributed by atoms with E-state index in [1.54, 1.807) is 30.0 Å². The number of hydrogen-bond acceptors (Lipinski definition) is 8. The highest BCUT2D eigenvalue weighted by molar-refractivity contribution is 7.88. The van der Waals surface area contributed by atoms with Gasteiger partial charge in [-0.3, -0.25) is 14.5 Å². The number of hydrogen-bond donors (Lipinski definition) is 2. The average molecular weight is 541 g/mol. The van der Waals surface area contributed by atoms with Gasteiger partial charge in [0.15, 0.2) is 0 Å². The van der Waals surface area contributed by atoms with E-state index in [1.165, 1.54) is 11.4 Å². The molecule has 0 radical (unpaired) electrons. The van der Waals surface area contributed by atoms with Crippen molar-refractivity contribution in [3.05, 3.63) is 23.8 Å². The lowest BCUT2D eigenvalue weighted by atomic mass is 10.0. The highest BCUT2D eigenvalue weighted by Gasteiger charge is 2.32. The number of carbonyl (C=O) groups is 2. The number of morpholine rings is 1. The Morgan fingerprint density at radius 1 is 1.30 bits per heavy atom. The fraction of sp³-hybridized carbons (Fsp3) is 0.680. The summed E-state index contributed by atoms with van der Waals surface area (Å²) in [6.45, 7) is 7.49. The van der Waals surface area contributed by atoms with Crippen LogP contribution in [-0.4, -0.2) is 117 Å². The number of ether oxygens (including phenoxy) is 2. The number of likely N-dealkylation sites (N-methyl/N-ethyl adjacent to an activating group) is 1. The molecule has 12 heteroatoms. The number of amides is 2. The Bertz CT molecular complexity index is 1050. The van der Waals surface area contributed by atoms with E-state index in [1.807, 2.05) is 6.92 Å². The smallest absolute Gasteiger partial charge is 0.227 e. The number of sulfonamides is 1. The zero-order valence-electron chi connectivity index (χ0n) is 22.2. The van der Waals surface area contributed by atoms with Crippen molar-refractivity contribution in [3.8, 4) is 5.75 Å². The van der Waals surface area contributed by atoms with E-state index in [9.17, 15) is 23.1 Å². The molecule has 208 valence electrons. The number of aliphatic hydroxyl groups excluding tert-OH is 1. The first-order valence-corrected chi connectivity index (χ1v) is 14.5. The fourth-order valence-corrected chi connectivity index (χ4v) is 4.84. The van der Waals surface area contributed by atoms with Crippen molar-refractivity contribution in [3.63, 3.8) is 0 Å². The van der Waals surface area contributed by atoms with E-state index in [0.717, 1.165) is 19.3 Å².